The molecule has 0 spiro atoms. The highest BCUT2D eigenvalue weighted by atomic mass is 32.1. The van der Waals surface area contributed by atoms with Crippen LogP contribution in [0, 0.1) is 10.1 Å². The van der Waals surface area contributed by atoms with Crippen LogP contribution in [0.15, 0.2) is 36.4 Å². The maximum atomic E-state index is 10.7. The fraction of sp³-hybridized carbons (Fsp3) is 0.474. The lowest BCUT2D eigenvalue weighted by Crippen LogP contribution is -2.44. The molecule has 1 saturated heterocycles. The summed E-state index contributed by atoms with van der Waals surface area (Å²) >= 11 is 1.75. The quantitative estimate of drug-likeness (QED) is 0.617. The Morgan fingerprint density at radius 3 is 2.48 bits per heavy atom. The standard InChI is InChI=1S/C19H25N3O2S/c1-14(2)21-11-9-16(10-12-21)20-13-18-7-8-19(25-18)15-3-5-17(6-4-15)22(23)24/h3-8,14,16,20H,9-13H2,1-2H3. The van der Waals surface area contributed by atoms with Crippen LogP contribution in [0.5, 0.6) is 0 Å². The summed E-state index contributed by atoms with van der Waals surface area (Å²) in [5.41, 5.74) is 1.17. The second kappa shape index (κ2) is 8.08. The summed E-state index contributed by atoms with van der Waals surface area (Å²) in [7, 11) is 0. The molecule has 0 aliphatic carbocycles. The van der Waals surface area contributed by atoms with Gasteiger partial charge in [0.15, 0.2) is 0 Å². The van der Waals surface area contributed by atoms with Crippen molar-refractivity contribution in [1.29, 1.82) is 0 Å². The van der Waals surface area contributed by atoms with E-state index >= 15 is 0 Å². The van der Waals surface area contributed by atoms with E-state index in [1.54, 1.807) is 23.5 Å². The molecule has 134 valence electrons. The van der Waals surface area contributed by atoms with E-state index in [4.69, 9.17) is 0 Å². The van der Waals surface area contributed by atoms with Gasteiger partial charge in [-0.1, -0.05) is 0 Å². The van der Waals surface area contributed by atoms with Crippen molar-refractivity contribution >= 4 is 17.0 Å². The summed E-state index contributed by atoms with van der Waals surface area (Å²) in [5.74, 6) is 0. The molecule has 6 heteroatoms. The molecule has 2 heterocycles. The highest BCUT2D eigenvalue weighted by Crippen LogP contribution is 2.29. The van der Waals surface area contributed by atoms with Crippen molar-refractivity contribution in [2.45, 2.75) is 45.3 Å². The van der Waals surface area contributed by atoms with Crippen molar-refractivity contribution in [3.8, 4) is 10.4 Å². The molecule has 1 fully saturated rings. The maximum absolute atomic E-state index is 10.7. The minimum atomic E-state index is -0.363. The zero-order valence-electron chi connectivity index (χ0n) is 14.8. The van der Waals surface area contributed by atoms with Crippen LogP contribution in [0.2, 0.25) is 0 Å². The Bertz CT molecular complexity index is 704. The molecule has 25 heavy (non-hydrogen) atoms. The van der Waals surface area contributed by atoms with E-state index in [0.29, 0.717) is 12.1 Å². The zero-order chi connectivity index (χ0) is 17.8. The van der Waals surface area contributed by atoms with E-state index in [9.17, 15) is 10.1 Å². The third kappa shape index (κ3) is 4.66. The average molecular weight is 359 g/mol. The van der Waals surface area contributed by atoms with Gasteiger partial charge in [0.05, 0.1) is 4.92 Å². The van der Waals surface area contributed by atoms with Gasteiger partial charge in [-0.15, -0.1) is 11.3 Å². The molecule has 1 aromatic carbocycles. The second-order valence-electron chi connectivity index (χ2n) is 6.85. The first-order valence-corrected chi connectivity index (χ1v) is 9.65. The van der Waals surface area contributed by atoms with Crippen molar-refractivity contribution in [3.63, 3.8) is 0 Å². The van der Waals surface area contributed by atoms with Crippen molar-refractivity contribution in [3.05, 3.63) is 51.4 Å². The van der Waals surface area contributed by atoms with Gasteiger partial charge >= 0.3 is 0 Å². The van der Waals surface area contributed by atoms with Gasteiger partial charge in [0.1, 0.15) is 0 Å². The SMILES string of the molecule is CC(C)N1CCC(NCc2ccc(-c3ccc([N+](=O)[O-])cc3)s2)CC1. The van der Waals surface area contributed by atoms with Gasteiger partial charge in [-0.3, -0.25) is 10.1 Å². The molecule has 3 rings (SSSR count). The molecule has 2 aromatic rings. The van der Waals surface area contributed by atoms with Crippen LogP contribution in [0.1, 0.15) is 31.6 Å². The number of nitro groups is 1. The van der Waals surface area contributed by atoms with E-state index in [-0.39, 0.29) is 10.6 Å². The number of nitrogens with zero attached hydrogens (tertiary/aromatic N) is 2. The van der Waals surface area contributed by atoms with Gasteiger partial charge in [0, 0.05) is 40.5 Å². The molecule has 1 N–H and O–H groups in total. The fourth-order valence-corrected chi connectivity index (χ4v) is 4.20. The normalized spacial score (nSPS) is 16.4. The predicted octanol–water partition coefficient (Wildman–Crippen LogP) is 4.29. The molecule has 0 amide bonds. The number of likely N-dealkylation sites (tertiary alicyclic amines) is 1. The first-order chi connectivity index (χ1) is 12.0. The molecule has 1 aliphatic heterocycles. The molecule has 0 radical (unpaired) electrons. The lowest BCUT2D eigenvalue weighted by molar-refractivity contribution is -0.384. The zero-order valence-corrected chi connectivity index (χ0v) is 15.6. The van der Waals surface area contributed by atoms with Gasteiger partial charge in [-0.05, 0) is 69.6 Å². The number of benzene rings is 1. The number of thiophene rings is 1. The van der Waals surface area contributed by atoms with E-state index in [1.165, 1.54) is 30.8 Å². The number of nitrogens with one attached hydrogen (secondary N) is 1. The van der Waals surface area contributed by atoms with Gasteiger partial charge < -0.3 is 10.2 Å². The number of hydrogen-bond donors (Lipinski definition) is 1. The first-order valence-electron chi connectivity index (χ1n) is 8.84. The summed E-state index contributed by atoms with van der Waals surface area (Å²) < 4.78 is 0. The van der Waals surface area contributed by atoms with Crippen molar-refractivity contribution in [1.82, 2.24) is 10.2 Å². The Morgan fingerprint density at radius 2 is 1.88 bits per heavy atom. The van der Waals surface area contributed by atoms with Crippen LogP contribution < -0.4 is 5.32 Å². The monoisotopic (exact) mass is 359 g/mol. The summed E-state index contributed by atoms with van der Waals surface area (Å²) in [4.78, 5) is 15.4. The van der Waals surface area contributed by atoms with Gasteiger partial charge in [-0.25, -0.2) is 0 Å². The lowest BCUT2D eigenvalue weighted by atomic mass is 10.0. The topological polar surface area (TPSA) is 58.4 Å². The summed E-state index contributed by atoms with van der Waals surface area (Å²) in [6.07, 6.45) is 2.41. The summed E-state index contributed by atoms with van der Waals surface area (Å²) in [6.45, 7) is 7.77. The van der Waals surface area contributed by atoms with Crippen LogP contribution >= 0.6 is 11.3 Å². The number of non-ortho nitro benzene ring substituents is 1. The van der Waals surface area contributed by atoms with Gasteiger partial charge in [0.2, 0.25) is 0 Å². The lowest BCUT2D eigenvalue weighted by Gasteiger charge is -2.34. The smallest absolute Gasteiger partial charge is 0.269 e. The summed E-state index contributed by atoms with van der Waals surface area (Å²) in [6, 6.07) is 12.3. The van der Waals surface area contributed by atoms with E-state index < -0.39 is 0 Å². The van der Waals surface area contributed by atoms with Crippen molar-refractivity contribution in [2.24, 2.45) is 0 Å². The third-order valence-electron chi connectivity index (χ3n) is 4.85. The molecule has 0 saturated carbocycles. The molecule has 0 unspecified atom stereocenters. The highest BCUT2D eigenvalue weighted by Gasteiger charge is 2.20. The van der Waals surface area contributed by atoms with Crippen molar-refractivity contribution < 1.29 is 4.92 Å². The van der Waals surface area contributed by atoms with Gasteiger partial charge in [0.25, 0.3) is 5.69 Å². The average Bonchev–Trinajstić information content (AvgIpc) is 3.09. The molecule has 0 atom stereocenters. The Balaban J connectivity index is 1.53. The predicted molar refractivity (Wildman–Crippen MR) is 103 cm³/mol. The van der Waals surface area contributed by atoms with Crippen LogP contribution in [-0.4, -0.2) is 35.0 Å². The van der Waals surface area contributed by atoms with Crippen LogP contribution in [0.25, 0.3) is 10.4 Å². The Morgan fingerprint density at radius 1 is 1.20 bits per heavy atom. The minimum absolute atomic E-state index is 0.134. The Labute approximate surface area is 152 Å². The number of rotatable bonds is 6. The third-order valence-corrected chi connectivity index (χ3v) is 5.98. The Hall–Kier alpha value is -1.76. The van der Waals surface area contributed by atoms with Crippen molar-refractivity contribution in [2.75, 3.05) is 13.1 Å². The molecular formula is C19H25N3O2S. The van der Waals surface area contributed by atoms with E-state index in [0.717, 1.165) is 17.0 Å². The number of hydrogen-bond acceptors (Lipinski definition) is 5. The van der Waals surface area contributed by atoms with E-state index in [1.807, 2.05) is 12.1 Å². The molecule has 5 nitrogen and oxygen atoms in total. The molecular weight excluding hydrogens is 334 g/mol. The van der Waals surface area contributed by atoms with E-state index in [2.05, 4.69) is 36.2 Å². The van der Waals surface area contributed by atoms with Crippen LogP contribution in [0.3, 0.4) is 0 Å². The fourth-order valence-electron chi connectivity index (χ4n) is 3.24. The first kappa shape index (κ1) is 18.0. The van der Waals surface area contributed by atoms with Gasteiger partial charge in [-0.2, -0.15) is 0 Å². The second-order valence-corrected chi connectivity index (χ2v) is 8.02. The molecule has 1 aromatic heterocycles. The number of nitro benzene ring substituents is 1. The largest absolute Gasteiger partial charge is 0.309 e. The Kier molecular flexibility index (Phi) is 5.83. The minimum Gasteiger partial charge on any atom is -0.309 e. The maximum Gasteiger partial charge on any atom is 0.269 e. The highest BCUT2D eigenvalue weighted by molar-refractivity contribution is 7.15. The molecule has 1 aliphatic rings. The summed E-state index contributed by atoms with van der Waals surface area (Å²) in [5, 5.41) is 14.4. The number of piperidine rings is 1. The molecule has 0 bridgehead atoms. The van der Waals surface area contributed by atoms with Crippen LogP contribution in [-0.2, 0) is 6.54 Å². The van der Waals surface area contributed by atoms with Crippen LogP contribution in [0.4, 0.5) is 5.69 Å².